The number of aromatic nitrogens is 2. The quantitative estimate of drug-likeness (QED) is 0.890. The zero-order chi connectivity index (χ0) is 12.4. The Kier molecular flexibility index (Phi) is 2.55. The molecular formula is C14H13N3O. The minimum atomic E-state index is -0.270. The molecule has 0 unspecified atom stereocenters. The first-order chi connectivity index (χ1) is 8.80. The van der Waals surface area contributed by atoms with Gasteiger partial charge in [-0.05, 0) is 37.1 Å². The normalized spacial score (nSPS) is 16.0. The van der Waals surface area contributed by atoms with Crippen LogP contribution in [0.1, 0.15) is 28.9 Å². The van der Waals surface area contributed by atoms with Crippen molar-refractivity contribution in [3.63, 3.8) is 0 Å². The zero-order valence-corrected chi connectivity index (χ0v) is 9.84. The molecule has 1 saturated carbocycles. The Morgan fingerprint density at radius 3 is 2.67 bits per heavy atom. The number of nitrogens with one attached hydrogen (secondary N) is 1. The third-order valence-electron chi connectivity index (χ3n) is 3.18. The van der Waals surface area contributed by atoms with Crippen molar-refractivity contribution in [1.82, 2.24) is 15.3 Å². The maximum Gasteiger partial charge on any atom is 0.253 e. The van der Waals surface area contributed by atoms with E-state index in [9.17, 15) is 4.79 Å². The summed E-state index contributed by atoms with van der Waals surface area (Å²) >= 11 is 0. The van der Waals surface area contributed by atoms with Gasteiger partial charge in [0, 0.05) is 18.6 Å². The Balaban J connectivity index is 1.80. The number of carbonyl (C=O) groups excluding carboxylic acids is 1. The first kappa shape index (κ1) is 10.9. The maximum atomic E-state index is 12.1. The summed E-state index contributed by atoms with van der Waals surface area (Å²) in [5.74, 6) is -0.0914. The van der Waals surface area contributed by atoms with E-state index in [1.54, 1.807) is 30.7 Å². The van der Waals surface area contributed by atoms with Crippen molar-refractivity contribution in [3.8, 4) is 0 Å². The van der Waals surface area contributed by atoms with Crippen LogP contribution in [0.5, 0.6) is 0 Å². The highest BCUT2D eigenvalue weighted by Crippen LogP contribution is 2.44. The summed E-state index contributed by atoms with van der Waals surface area (Å²) < 4.78 is 0. The van der Waals surface area contributed by atoms with Crippen molar-refractivity contribution in [3.05, 3.63) is 60.2 Å². The van der Waals surface area contributed by atoms with Gasteiger partial charge in [-0.3, -0.25) is 14.8 Å². The van der Waals surface area contributed by atoms with Gasteiger partial charge in [-0.2, -0.15) is 0 Å². The topological polar surface area (TPSA) is 54.9 Å². The van der Waals surface area contributed by atoms with Crippen LogP contribution in [0.4, 0.5) is 0 Å². The van der Waals surface area contributed by atoms with Crippen molar-refractivity contribution < 1.29 is 4.79 Å². The van der Waals surface area contributed by atoms with E-state index >= 15 is 0 Å². The molecular weight excluding hydrogens is 226 g/mol. The summed E-state index contributed by atoms with van der Waals surface area (Å²) in [4.78, 5) is 20.4. The van der Waals surface area contributed by atoms with Crippen LogP contribution < -0.4 is 5.32 Å². The number of nitrogens with zero attached hydrogens (tertiary/aromatic N) is 2. The summed E-state index contributed by atoms with van der Waals surface area (Å²) in [5.41, 5.74) is 1.25. The van der Waals surface area contributed by atoms with E-state index < -0.39 is 0 Å². The van der Waals surface area contributed by atoms with Crippen LogP contribution in [-0.2, 0) is 5.54 Å². The summed E-state index contributed by atoms with van der Waals surface area (Å²) in [7, 11) is 0. The number of rotatable bonds is 3. The molecule has 4 heteroatoms. The molecule has 0 bridgehead atoms. The lowest BCUT2D eigenvalue weighted by molar-refractivity contribution is 0.0929. The lowest BCUT2D eigenvalue weighted by Gasteiger charge is -2.16. The van der Waals surface area contributed by atoms with E-state index in [1.165, 1.54) is 0 Å². The summed E-state index contributed by atoms with van der Waals surface area (Å²) in [6.07, 6.45) is 6.87. The average molecular weight is 239 g/mol. The number of carbonyl (C=O) groups is 1. The van der Waals surface area contributed by atoms with Gasteiger partial charge in [0.15, 0.2) is 0 Å². The lowest BCUT2D eigenvalue weighted by Crippen LogP contribution is -2.35. The fourth-order valence-corrected chi connectivity index (χ4v) is 2.00. The number of pyridine rings is 2. The van der Waals surface area contributed by atoms with Crippen molar-refractivity contribution in [1.29, 1.82) is 0 Å². The minimum absolute atomic E-state index is 0.0914. The monoisotopic (exact) mass is 239 g/mol. The van der Waals surface area contributed by atoms with Crippen molar-refractivity contribution in [2.24, 2.45) is 0 Å². The molecule has 1 aliphatic carbocycles. The average Bonchev–Trinajstić information content (AvgIpc) is 3.22. The molecule has 18 heavy (non-hydrogen) atoms. The second kappa shape index (κ2) is 4.22. The molecule has 90 valence electrons. The van der Waals surface area contributed by atoms with Crippen LogP contribution in [-0.4, -0.2) is 15.9 Å². The highest BCUT2D eigenvalue weighted by molar-refractivity contribution is 5.94. The van der Waals surface area contributed by atoms with Crippen molar-refractivity contribution in [2.75, 3.05) is 0 Å². The predicted octanol–water partition coefficient (Wildman–Crippen LogP) is 1.90. The molecule has 2 heterocycles. The largest absolute Gasteiger partial charge is 0.341 e. The predicted molar refractivity (Wildman–Crippen MR) is 66.9 cm³/mol. The van der Waals surface area contributed by atoms with Gasteiger partial charge in [-0.15, -0.1) is 0 Å². The fourth-order valence-electron chi connectivity index (χ4n) is 2.00. The molecule has 1 N–H and O–H groups in total. The standard InChI is InChI=1S/C14H13N3O/c18-13(11-4-3-8-15-10-11)17-14(6-7-14)12-5-1-2-9-16-12/h1-5,8-10H,6-7H2,(H,17,18). The summed E-state index contributed by atoms with van der Waals surface area (Å²) in [6.45, 7) is 0. The molecule has 0 spiro atoms. The van der Waals surface area contributed by atoms with Gasteiger partial charge < -0.3 is 5.32 Å². The van der Waals surface area contributed by atoms with Gasteiger partial charge in [0.25, 0.3) is 5.91 Å². The maximum absolute atomic E-state index is 12.1. The molecule has 1 amide bonds. The Bertz CT molecular complexity index is 550. The molecule has 0 aliphatic heterocycles. The van der Waals surface area contributed by atoms with E-state index in [2.05, 4.69) is 15.3 Å². The van der Waals surface area contributed by atoms with Crippen LogP contribution >= 0.6 is 0 Å². The summed E-state index contributed by atoms with van der Waals surface area (Å²) in [5, 5.41) is 3.06. The zero-order valence-electron chi connectivity index (χ0n) is 9.84. The molecule has 1 aliphatic rings. The molecule has 0 aromatic carbocycles. The molecule has 4 nitrogen and oxygen atoms in total. The Labute approximate surface area is 105 Å². The second-order valence-electron chi connectivity index (χ2n) is 4.49. The number of hydrogen-bond donors (Lipinski definition) is 1. The highest BCUT2D eigenvalue weighted by Gasteiger charge is 2.46. The molecule has 2 aromatic rings. The van der Waals surface area contributed by atoms with Crippen LogP contribution in [0.2, 0.25) is 0 Å². The van der Waals surface area contributed by atoms with Crippen LogP contribution in [0, 0.1) is 0 Å². The molecule has 0 radical (unpaired) electrons. The summed E-state index contributed by atoms with van der Waals surface area (Å²) in [6, 6.07) is 9.30. The first-order valence-corrected chi connectivity index (χ1v) is 5.94. The third kappa shape index (κ3) is 1.97. The molecule has 3 rings (SSSR count). The molecule has 0 saturated heterocycles. The van der Waals surface area contributed by atoms with Crippen molar-refractivity contribution >= 4 is 5.91 Å². The van der Waals surface area contributed by atoms with E-state index in [1.807, 2.05) is 18.2 Å². The Morgan fingerprint density at radius 1 is 1.17 bits per heavy atom. The van der Waals surface area contributed by atoms with Gasteiger partial charge in [0.1, 0.15) is 0 Å². The van der Waals surface area contributed by atoms with Crippen LogP contribution in [0.25, 0.3) is 0 Å². The molecule has 0 atom stereocenters. The third-order valence-corrected chi connectivity index (χ3v) is 3.18. The second-order valence-corrected chi connectivity index (χ2v) is 4.49. The molecule has 2 aromatic heterocycles. The first-order valence-electron chi connectivity index (χ1n) is 5.94. The van der Waals surface area contributed by atoms with Gasteiger partial charge in [-0.25, -0.2) is 0 Å². The van der Waals surface area contributed by atoms with E-state index in [4.69, 9.17) is 0 Å². The van der Waals surface area contributed by atoms with Gasteiger partial charge in [0.05, 0.1) is 16.8 Å². The van der Waals surface area contributed by atoms with E-state index in [-0.39, 0.29) is 11.4 Å². The Hall–Kier alpha value is -2.23. The Morgan fingerprint density at radius 2 is 2.06 bits per heavy atom. The van der Waals surface area contributed by atoms with E-state index in [0.29, 0.717) is 5.56 Å². The van der Waals surface area contributed by atoms with Crippen LogP contribution in [0.3, 0.4) is 0 Å². The van der Waals surface area contributed by atoms with Gasteiger partial charge >= 0.3 is 0 Å². The lowest BCUT2D eigenvalue weighted by atomic mass is 10.1. The fraction of sp³-hybridized carbons (Fsp3) is 0.214. The minimum Gasteiger partial charge on any atom is -0.341 e. The molecule has 1 fully saturated rings. The SMILES string of the molecule is O=C(NC1(c2ccccn2)CC1)c1cccnc1. The van der Waals surface area contributed by atoms with Gasteiger partial charge in [0.2, 0.25) is 0 Å². The number of amides is 1. The van der Waals surface area contributed by atoms with Gasteiger partial charge in [-0.1, -0.05) is 6.07 Å². The highest BCUT2D eigenvalue weighted by atomic mass is 16.1. The van der Waals surface area contributed by atoms with Crippen molar-refractivity contribution in [2.45, 2.75) is 18.4 Å². The number of hydrogen-bond acceptors (Lipinski definition) is 3. The van der Waals surface area contributed by atoms with E-state index in [0.717, 1.165) is 18.5 Å². The van der Waals surface area contributed by atoms with Crippen LogP contribution in [0.15, 0.2) is 48.9 Å². The smallest absolute Gasteiger partial charge is 0.253 e.